The number of halogens is 1. The Morgan fingerprint density at radius 3 is 2.35 bits per heavy atom. The Kier molecular flexibility index (Phi) is 8.15. The van der Waals surface area contributed by atoms with Crippen molar-refractivity contribution in [3.05, 3.63) is 113 Å². The van der Waals surface area contributed by atoms with Crippen molar-refractivity contribution in [1.82, 2.24) is 4.90 Å². The first-order valence-corrected chi connectivity index (χ1v) is 12.1. The molecule has 4 rings (SSSR count). The predicted octanol–water partition coefficient (Wildman–Crippen LogP) is 6.10. The molecule has 7 nitrogen and oxygen atoms in total. The zero-order valence-corrected chi connectivity index (χ0v) is 21.7. The minimum absolute atomic E-state index is 0.158. The predicted molar refractivity (Wildman–Crippen MR) is 145 cm³/mol. The first-order chi connectivity index (χ1) is 17.9. The molecule has 0 radical (unpaired) electrons. The second kappa shape index (κ2) is 11.7. The number of amides is 2. The molecule has 37 heavy (non-hydrogen) atoms. The van der Waals surface area contributed by atoms with Gasteiger partial charge in [0.15, 0.2) is 0 Å². The van der Waals surface area contributed by atoms with E-state index in [-0.39, 0.29) is 24.9 Å². The summed E-state index contributed by atoms with van der Waals surface area (Å²) in [5, 5.41) is 3.30. The Morgan fingerprint density at radius 1 is 0.946 bits per heavy atom. The lowest BCUT2D eigenvalue weighted by atomic mass is 10.1. The van der Waals surface area contributed by atoms with Gasteiger partial charge in [-0.15, -0.1) is 0 Å². The molecular weight excluding hydrogens is 490 g/mol. The van der Waals surface area contributed by atoms with Crippen molar-refractivity contribution in [2.75, 3.05) is 31.4 Å². The SMILES string of the molecule is COc1ccc(C(=O)N(Cc2ccco2)Cc2cc(NC(=O)c3ccccc3Cl)ccc2N(C)C)cc1. The van der Waals surface area contributed by atoms with Gasteiger partial charge in [-0.25, -0.2) is 0 Å². The molecule has 4 aromatic rings. The van der Waals surface area contributed by atoms with Crippen LogP contribution in [0.25, 0.3) is 0 Å². The van der Waals surface area contributed by atoms with Crippen LogP contribution in [0, 0.1) is 0 Å². The molecule has 0 bridgehead atoms. The maximum absolute atomic E-state index is 13.6. The van der Waals surface area contributed by atoms with Gasteiger partial charge in [0, 0.05) is 37.6 Å². The van der Waals surface area contributed by atoms with E-state index < -0.39 is 0 Å². The minimum Gasteiger partial charge on any atom is -0.497 e. The van der Waals surface area contributed by atoms with Gasteiger partial charge < -0.3 is 24.3 Å². The number of anilines is 2. The quantitative estimate of drug-likeness (QED) is 0.290. The first kappa shape index (κ1) is 25.9. The number of furan rings is 1. The number of hydrogen-bond acceptors (Lipinski definition) is 5. The molecule has 1 heterocycles. The van der Waals surface area contributed by atoms with E-state index in [1.165, 1.54) is 0 Å². The number of nitrogens with one attached hydrogen (secondary N) is 1. The molecule has 0 aliphatic rings. The van der Waals surface area contributed by atoms with Crippen LogP contribution in [0.5, 0.6) is 5.75 Å². The number of methoxy groups -OCH3 is 1. The number of hydrogen-bond donors (Lipinski definition) is 1. The molecule has 0 unspecified atom stereocenters. The molecule has 2 amide bonds. The van der Waals surface area contributed by atoms with Crippen LogP contribution < -0.4 is 15.0 Å². The van der Waals surface area contributed by atoms with Gasteiger partial charge in [0.1, 0.15) is 11.5 Å². The third kappa shape index (κ3) is 6.32. The van der Waals surface area contributed by atoms with Crippen LogP contribution in [0.1, 0.15) is 32.0 Å². The summed E-state index contributed by atoms with van der Waals surface area (Å²) in [5.74, 6) is 0.868. The highest BCUT2D eigenvalue weighted by Crippen LogP contribution is 2.27. The van der Waals surface area contributed by atoms with Gasteiger partial charge in [-0.1, -0.05) is 23.7 Å². The topological polar surface area (TPSA) is 75.0 Å². The van der Waals surface area contributed by atoms with Crippen molar-refractivity contribution in [3.8, 4) is 5.75 Å². The van der Waals surface area contributed by atoms with E-state index in [1.807, 2.05) is 43.3 Å². The van der Waals surface area contributed by atoms with E-state index >= 15 is 0 Å². The van der Waals surface area contributed by atoms with Crippen LogP contribution in [0.15, 0.2) is 89.5 Å². The summed E-state index contributed by atoms with van der Waals surface area (Å²) in [7, 11) is 5.45. The fourth-order valence-corrected chi connectivity index (χ4v) is 4.20. The van der Waals surface area contributed by atoms with Crippen LogP contribution in [0.4, 0.5) is 11.4 Å². The van der Waals surface area contributed by atoms with Crippen LogP contribution in [-0.2, 0) is 13.1 Å². The summed E-state index contributed by atoms with van der Waals surface area (Å²) in [6, 6.07) is 23.1. The standard InChI is InChI=1S/C29H28ClN3O4/c1-32(2)27-15-12-22(31-28(34)25-8-4-5-9-26(25)30)17-21(27)18-33(19-24-7-6-16-37-24)29(35)20-10-13-23(36-3)14-11-20/h4-17H,18-19H2,1-3H3,(H,31,34). The average molecular weight is 518 g/mol. The number of carbonyl (C=O) groups excluding carboxylic acids is 2. The van der Waals surface area contributed by atoms with Crippen molar-refractivity contribution in [2.45, 2.75) is 13.1 Å². The number of rotatable bonds is 9. The molecule has 0 saturated heterocycles. The van der Waals surface area contributed by atoms with Gasteiger partial charge in [0.25, 0.3) is 11.8 Å². The fraction of sp³-hybridized carbons (Fsp3) is 0.172. The number of nitrogens with zero attached hydrogens (tertiary/aromatic N) is 2. The molecule has 0 fully saturated rings. The fourth-order valence-electron chi connectivity index (χ4n) is 3.98. The molecule has 1 N–H and O–H groups in total. The summed E-state index contributed by atoms with van der Waals surface area (Å²) in [6.07, 6.45) is 1.58. The maximum atomic E-state index is 13.6. The van der Waals surface area contributed by atoms with E-state index in [0.29, 0.717) is 33.3 Å². The molecule has 0 aliphatic heterocycles. The second-order valence-corrected chi connectivity index (χ2v) is 9.05. The number of carbonyl (C=O) groups is 2. The van der Waals surface area contributed by atoms with Gasteiger partial charge in [-0.05, 0) is 72.3 Å². The smallest absolute Gasteiger partial charge is 0.257 e. The summed E-state index contributed by atoms with van der Waals surface area (Å²) >= 11 is 6.20. The summed E-state index contributed by atoms with van der Waals surface area (Å²) in [6.45, 7) is 0.565. The largest absolute Gasteiger partial charge is 0.497 e. The molecule has 0 aliphatic carbocycles. The van der Waals surface area contributed by atoms with Crippen molar-refractivity contribution in [1.29, 1.82) is 0 Å². The molecule has 0 saturated carbocycles. The normalized spacial score (nSPS) is 10.6. The van der Waals surface area contributed by atoms with Crippen LogP contribution >= 0.6 is 11.6 Å². The molecule has 0 spiro atoms. The summed E-state index contributed by atoms with van der Waals surface area (Å²) in [5.41, 5.74) is 3.29. The zero-order chi connectivity index (χ0) is 26.4. The third-order valence-electron chi connectivity index (χ3n) is 5.85. The Morgan fingerprint density at radius 2 is 1.70 bits per heavy atom. The number of benzene rings is 3. The molecule has 8 heteroatoms. The van der Waals surface area contributed by atoms with Crippen LogP contribution in [0.3, 0.4) is 0 Å². The Bertz CT molecular complexity index is 1370. The minimum atomic E-state index is -0.309. The Hall–Kier alpha value is -4.23. The highest BCUT2D eigenvalue weighted by Gasteiger charge is 2.21. The average Bonchev–Trinajstić information content (AvgIpc) is 3.41. The lowest BCUT2D eigenvalue weighted by molar-refractivity contribution is 0.0717. The highest BCUT2D eigenvalue weighted by atomic mass is 35.5. The van der Waals surface area contributed by atoms with Gasteiger partial charge in [0.05, 0.1) is 30.5 Å². The lowest BCUT2D eigenvalue weighted by Crippen LogP contribution is -2.30. The summed E-state index contributed by atoms with van der Waals surface area (Å²) < 4.78 is 10.8. The van der Waals surface area contributed by atoms with Gasteiger partial charge in [0.2, 0.25) is 0 Å². The van der Waals surface area contributed by atoms with Crippen molar-refractivity contribution in [2.24, 2.45) is 0 Å². The van der Waals surface area contributed by atoms with E-state index in [4.69, 9.17) is 20.8 Å². The van der Waals surface area contributed by atoms with Crippen LogP contribution in [-0.4, -0.2) is 37.9 Å². The first-order valence-electron chi connectivity index (χ1n) is 11.7. The highest BCUT2D eigenvalue weighted by molar-refractivity contribution is 6.34. The van der Waals surface area contributed by atoms with Crippen molar-refractivity contribution < 1.29 is 18.7 Å². The second-order valence-electron chi connectivity index (χ2n) is 8.64. The van der Waals surface area contributed by atoms with E-state index in [9.17, 15) is 9.59 Å². The Balaban J connectivity index is 1.65. The molecule has 190 valence electrons. The molecule has 3 aromatic carbocycles. The molecular formula is C29H28ClN3O4. The van der Waals surface area contributed by atoms with E-state index in [1.54, 1.807) is 72.9 Å². The molecule has 0 atom stereocenters. The summed E-state index contributed by atoms with van der Waals surface area (Å²) in [4.78, 5) is 30.1. The lowest BCUT2D eigenvalue weighted by Gasteiger charge is -2.26. The van der Waals surface area contributed by atoms with E-state index in [2.05, 4.69) is 5.32 Å². The zero-order valence-electron chi connectivity index (χ0n) is 20.9. The van der Waals surface area contributed by atoms with Crippen LogP contribution in [0.2, 0.25) is 5.02 Å². The van der Waals surface area contributed by atoms with Crippen molar-refractivity contribution in [3.63, 3.8) is 0 Å². The van der Waals surface area contributed by atoms with Gasteiger partial charge >= 0.3 is 0 Å². The van der Waals surface area contributed by atoms with Gasteiger partial charge in [-0.3, -0.25) is 9.59 Å². The van der Waals surface area contributed by atoms with Crippen molar-refractivity contribution >= 4 is 34.8 Å². The molecule has 1 aromatic heterocycles. The van der Waals surface area contributed by atoms with Gasteiger partial charge in [-0.2, -0.15) is 0 Å². The maximum Gasteiger partial charge on any atom is 0.257 e. The monoisotopic (exact) mass is 517 g/mol. The third-order valence-corrected chi connectivity index (χ3v) is 6.18. The van der Waals surface area contributed by atoms with E-state index in [0.717, 1.165) is 11.3 Å². The Labute approximate surface area is 221 Å². The number of ether oxygens (including phenoxy) is 1.